The minimum absolute atomic E-state index is 0.0165. The van der Waals surface area contributed by atoms with E-state index >= 15 is 0 Å². The number of nitrogens with one attached hydrogen (secondary N) is 1. The molecule has 3 rings (SSSR count). The van der Waals surface area contributed by atoms with E-state index in [0.29, 0.717) is 11.3 Å². The standard InChI is InChI=1S/C22H12BrCl4NO4S/c23-11-3-1-10(2-4-11)14(29)9-33-13-7-5-12(6-8-13)28-21(30)15-16(22(31)32)18(25)20(27)19(26)17(15)24/h1-8H,9H2,(H,28,30)(H,31,32). The first-order valence-electron chi connectivity index (χ1n) is 9.02. The molecule has 11 heteroatoms. The van der Waals surface area contributed by atoms with Crippen molar-refractivity contribution < 1.29 is 19.5 Å². The number of aromatic carboxylic acids is 1. The number of thioether (sulfide) groups is 1. The first-order valence-corrected chi connectivity index (χ1v) is 12.3. The third-order valence-corrected chi connectivity index (χ3v) is 7.70. The van der Waals surface area contributed by atoms with Gasteiger partial charge in [0, 0.05) is 20.6 Å². The summed E-state index contributed by atoms with van der Waals surface area (Å²) in [4.78, 5) is 37.6. The number of carbonyl (C=O) groups is 3. The summed E-state index contributed by atoms with van der Waals surface area (Å²) < 4.78 is 0.893. The number of amides is 1. The third kappa shape index (κ3) is 6.04. The van der Waals surface area contributed by atoms with Crippen molar-refractivity contribution in [2.75, 3.05) is 11.1 Å². The molecule has 0 saturated heterocycles. The van der Waals surface area contributed by atoms with Crippen LogP contribution in [-0.4, -0.2) is 28.5 Å². The number of anilines is 1. The summed E-state index contributed by atoms with van der Waals surface area (Å²) in [5.41, 5.74) is 0.0356. The van der Waals surface area contributed by atoms with E-state index in [1.807, 2.05) is 0 Å². The Labute approximate surface area is 221 Å². The van der Waals surface area contributed by atoms with Crippen LogP contribution >= 0.6 is 74.1 Å². The van der Waals surface area contributed by atoms with Crippen molar-refractivity contribution in [2.45, 2.75) is 4.90 Å². The molecule has 0 saturated carbocycles. The summed E-state index contributed by atoms with van der Waals surface area (Å²) in [5, 5.41) is 10.9. The van der Waals surface area contributed by atoms with Gasteiger partial charge in [-0.2, -0.15) is 0 Å². The van der Waals surface area contributed by atoms with Crippen molar-refractivity contribution in [1.82, 2.24) is 0 Å². The van der Waals surface area contributed by atoms with Gasteiger partial charge in [-0.15, -0.1) is 11.8 Å². The zero-order valence-corrected chi connectivity index (χ0v) is 21.7. The molecule has 170 valence electrons. The van der Waals surface area contributed by atoms with Crippen LogP contribution in [0.1, 0.15) is 31.1 Å². The molecule has 3 aromatic rings. The number of ketones is 1. The Hall–Kier alpha value is -1.74. The van der Waals surface area contributed by atoms with E-state index in [0.717, 1.165) is 9.37 Å². The van der Waals surface area contributed by atoms with E-state index in [1.54, 1.807) is 48.5 Å². The number of halogens is 5. The van der Waals surface area contributed by atoms with Crippen LogP contribution in [0.5, 0.6) is 0 Å². The number of benzene rings is 3. The lowest BCUT2D eigenvalue weighted by atomic mass is 10.1. The molecule has 0 heterocycles. The van der Waals surface area contributed by atoms with E-state index in [9.17, 15) is 19.5 Å². The number of hydrogen-bond donors (Lipinski definition) is 2. The molecule has 0 aromatic heterocycles. The van der Waals surface area contributed by atoms with E-state index in [2.05, 4.69) is 21.2 Å². The first-order chi connectivity index (χ1) is 15.6. The van der Waals surface area contributed by atoms with Gasteiger partial charge >= 0.3 is 5.97 Å². The fourth-order valence-electron chi connectivity index (χ4n) is 2.74. The number of rotatable bonds is 7. The topological polar surface area (TPSA) is 83.5 Å². The molecule has 0 unspecified atom stereocenters. The second-order valence-corrected chi connectivity index (χ2v) is 9.98. The van der Waals surface area contributed by atoms with Crippen LogP contribution in [0.15, 0.2) is 57.9 Å². The molecular weight excluding hydrogens is 596 g/mol. The molecular formula is C22H12BrCl4NO4S. The summed E-state index contributed by atoms with van der Waals surface area (Å²) in [7, 11) is 0. The second kappa shape index (κ2) is 11.1. The lowest BCUT2D eigenvalue weighted by Crippen LogP contribution is -2.18. The highest BCUT2D eigenvalue weighted by atomic mass is 79.9. The average Bonchev–Trinajstić information content (AvgIpc) is 2.79. The van der Waals surface area contributed by atoms with Crippen LogP contribution in [0.2, 0.25) is 20.1 Å². The highest BCUT2D eigenvalue weighted by Crippen LogP contribution is 2.41. The minimum Gasteiger partial charge on any atom is -0.478 e. The number of carboxylic acid groups (broad SMARTS) is 1. The zero-order valence-electron chi connectivity index (χ0n) is 16.3. The Balaban J connectivity index is 1.73. The van der Waals surface area contributed by atoms with Crippen molar-refractivity contribution >= 4 is 97.4 Å². The number of Topliss-reactive ketones (excluding diaryl/α,β-unsaturated/α-hetero) is 1. The first kappa shape index (κ1) is 25.9. The Bertz CT molecular complexity index is 1250. The smallest absolute Gasteiger partial charge is 0.338 e. The van der Waals surface area contributed by atoms with Gasteiger partial charge in [-0.1, -0.05) is 74.5 Å². The van der Waals surface area contributed by atoms with Crippen LogP contribution in [0.25, 0.3) is 0 Å². The minimum atomic E-state index is -1.48. The predicted octanol–water partition coefficient (Wildman–Crippen LogP) is 7.99. The van der Waals surface area contributed by atoms with Crippen molar-refractivity contribution in [3.63, 3.8) is 0 Å². The molecule has 0 spiro atoms. The number of hydrogen-bond acceptors (Lipinski definition) is 4. The van der Waals surface area contributed by atoms with Gasteiger partial charge in [0.15, 0.2) is 5.78 Å². The predicted molar refractivity (Wildman–Crippen MR) is 137 cm³/mol. The molecule has 0 fully saturated rings. The summed E-state index contributed by atoms with van der Waals surface area (Å²) in [6.45, 7) is 0. The maximum atomic E-state index is 12.8. The van der Waals surface area contributed by atoms with Gasteiger partial charge in [-0.25, -0.2) is 4.79 Å². The maximum Gasteiger partial charge on any atom is 0.338 e. The molecule has 0 aliphatic carbocycles. The monoisotopic (exact) mass is 605 g/mol. The molecule has 33 heavy (non-hydrogen) atoms. The van der Waals surface area contributed by atoms with Crippen molar-refractivity contribution in [1.29, 1.82) is 0 Å². The highest BCUT2D eigenvalue weighted by Gasteiger charge is 2.28. The Morgan fingerprint density at radius 1 is 0.818 bits per heavy atom. The van der Waals surface area contributed by atoms with Gasteiger partial charge in [-0.3, -0.25) is 9.59 Å². The normalized spacial score (nSPS) is 10.7. The Morgan fingerprint density at radius 2 is 1.36 bits per heavy atom. The summed E-state index contributed by atoms with van der Waals surface area (Å²) in [5.74, 6) is -2.07. The van der Waals surface area contributed by atoms with Crippen molar-refractivity contribution in [3.8, 4) is 0 Å². The lowest BCUT2D eigenvalue weighted by molar-refractivity contribution is 0.0692. The van der Waals surface area contributed by atoms with E-state index in [-0.39, 0.29) is 31.6 Å². The fraction of sp³-hybridized carbons (Fsp3) is 0.0455. The maximum absolute atomic E-state index is 12.8. The molecule has 2 N–H and O–H groups in total. The molecule has 0 aliphatic rings. The van der Waals surface area contributed by atoms with Gasteiger partial charge in [-0.05, 0) is 36.4 Å². The van der Waals surface area contributed by atoms with Gasteiger partial charge in [0.05, 0.1) is 37.0 Å². The summed E-state index contributed by atoms with van der Waals surface area (Å²) in [6.07, 6.45) is 0. The quantitative estimate of drug-likeness (QED) is 0.123. The van der Waals surface area contributed by atoms with Crippen molar-refractivity contribution in [2.24, 2.45) is 0 Å². The van der Waals surface area contributed by atoms with Crippen LogP contribution in [0, 0.1) is 0 Å². The Kier molecular flexibility index (Phi) is 8.72. The zero-order chi connectivity index (χ0) is 24.3. The van der Waals surface area contributed by atoms with E-state index < -0.39 is 23.0 Å². The largest absolute Gasteiger partial charge is 0.478 e. The molecule has 5 nitrogen and oxygen atoms in total. The van der Waals surface area contributed by atoms with Crippen molar-refractivity contribution in [3.05, 3.63) is 89.8 Å². The molecule has 0 radical (unpaired) electrons. The Morgan fingerprint density at radius 3 is 1.91 bits per heavy atom. The second-order valence-electron chi connectivity index (χ2n) is 6.51. The lowest BCUT2D eigenvalue weighted by Gasteiger charge is -2.14. The number of carboxylic acids is 1. The van der Waals surface area contributed by atoms with Gasteiger partial charge in [0.1, 0.15) is 0 Å². The third-order valence-electron chi connectivity index (χ3n) is 4.36. The van der Waals surface area contributed by atoms with E-state index in [1.165, 1.54) is 11.8 Å². The van der Waals surface area contributed by atoms with Crippen LogP contribution in [0.3, 0.4) is 0 Å². The van der Waals surface area contributed by atoms with Gasteiger partial charge in [0.2, 0.25) is 0 Å². The molecule has 0 atom stereocenters. The molecule has 1 amide bonds. The fourth-order valence-corrected chi connectivity index (χ4v) is 4.82. The molecule has 3 aromatic carbocycles. The SMILES string of the molecule is O=C(CSc1ccc(NC(=O)c2c(Cl)c(Cl)c(Cl)c(Cl)c2C(=O)O)cc1)c1ccc(Br)cc1. The molecule has 0 bridgehead atoms. The number of carbonyl (C=O) groups excluding carboxylic acids is 2. The van der Waals surface area contributed by atoms with Crippen LogP contribution in [0.4, 0.5) is 5.69 Å². The average molecular weight is 608 g/mol. The molecule has 0 aliphatic heterocycles. The highest BCUT2D eigenvalue weighted by molar-refractivity contribution is 9.10. The van der Waals surface area contributed by atoms with Crippen LogP contribution in [-0.2, 0) is 0 Å². The van der Waals surface area contributed by atoms with Gasteiger partial charge in [0.25, 0.3) is 5.91 Å². The van der Waals surface area contributed by atoms with Crippen LogP contribution < -0.4 is 5.32 Å². The summed E-state index contributed by atoms with van der Waals surface area (Å²) >= 11 is 28.7. The van der Waals surface area contributed by atoms with Gasteiger partial charge < -0.3 is 10.4 Å². The summed E-state index contributed by atoms with van der Waals surface area (Å²) in [6, 6.07) is 13.8. The van der Waals surface area contributed by atoms with E-state index in [4.69, 9.17) is 46.4 Å².